The average molecular weight is 370 g/mol. The third kappa shape index (κ3) is 5.74. The third-order valence-electron chi connectivity index (χ3n) is 4.07. The van der Waals surface area contributed by atoms with E-state index in [2.05, 4.69) is 5.32 Å². The minimum atomic E-state index is -0.139. The number of nitrogens with zero attached hydrogens (tertiary/aromatic N) is 1. The first-order valence-corrected chi connectivity index (χ1v) is 8.95. The Morgan fingerprint density at radius 2 is 1.70 bits per heavy atom. The van der Waals surface area contributed by atoms with Crippen molar-refractivity contribution in [1.82, 2.24) is 5.32 Å². The first kappa shape index (κ1) is 20.3. The fourth-order valence-electron chi connectivity index (χ4n) is 2.75. The van der Waals surface area contributed by atoms with E-state index in [9.17, 15) is 9.59 Å². The number of methoxy groups -OCH3 is 1. The van der Waals surface area contributed by atoms with Crippen molar-refractivity contribution in [3.05, 3.63) is 54.1 Å². The van der Waals surface area contributed by atoms with E-state index in [1.807, 2.05) is 55.5 Å². The van der Waals surface area contributed by atoms with E-state index in [0.29, 0.717) is 24.6 Å². The molecule has 0 heterocycles. The molecule has 2 aromatic rings. The lowest BCUT2D eigenvalue weighted by atomic mass is 10.2. The third-order valence-corrected chi connectivity index (χ3v) is 4.07. The summed E-state index contributed by atoms with van der Waals surface area (Å²) >= 11 is 0. The highest BCUT2D eigenvalue weighted by atomic mass is 16.5. The second-order valence-corrected chi connectivity index (χ2v) is 5.91. The zero-order valence-electron chi connectivity index (χ0n) is 16.0. The van der Waals surface area contributed by atoms with E-state index in [0.717, 1.165) is 11.3 Å². The molecule has 27 heavy (non-hydrogen) atoms. The molecule has 144 valence electrons. The molecule has 0 fully saturated rings. The number of nitrogens with one attached hydrogen (secondary N) is 1. The van der Waals surface area contributed by atoms with Crippen molar-refractivity contribution >= 4 is 17.5 Å². The predicted octanol–water partition coefficient (Wildman–Crippen LogP) is 3.15. The monoisotopic (exact) mass is 370 g/mol. The summed E-state index contributed by atoms with van der Waals surface area (Å²) in [5.41, 5.74) is 1.57. The second-order valence-electron chi connectivity index (χ2n) is 5.91. The Balaban J connectivity index is 1.98. The quantitative estimate of drug-likeness (QED) is 0.736. The van der Waals surface area contributed by atoms with Gasteiger partial charge in [0.2, 0.25) is 11.8 Å². The van der Waals surface area contributed by atoms with Gasteiger partial charge >= 0.3 is 0 Å². The van der Waals surface area contributed by atoms with Gasteiger partial charge in [-0.05, 0) is 25.1 Å². The normalized spacial score (nSPS) is 10.2. The summed E-state index contributed by atoms with van der Waals surface area (Å²) in [4.78, 5) is 25.9. The molecule has 6 heteroatoms. The van der Waals surface area contributed by atoms with Gasteiger partial charge in [-0.2, -0.15) is 0 Å². The Kier molecular flexibility index (Phi) is 7.67. The minimum Gasteiger partial charge on any atom is -0.496 e. The number of hydrogen-bond donors (Lipinski definition) is 1. The molecular weight excluding hydrogens is 344 g/mol. The van der Waals surface area contributed by atoms with Crippen LogP contribution in [-0.4, -0.2) is 32.1 Å². The highest BCUT2D eigenvalue weighted by Crippen LogP contribution is 2.28. The summed E-state index contributed by atoms with van der Waals surface area (Å²) in [7, 11) is 1.60. The standard InChI is InChI=1S/C21H26N2O4/c1-4-27-20-12-8-6-10-18(20)23(16(2)24)14-13-21(25)22-15-17-9-5-7-11-19(17)26-3/h5-12H,4,13-15H2,1-3H3,(H,22,25). The SMILES string of the molecule is CCOc1ccccc1N(CCC(=O)NCc1ccccc1OC)C(C)=O. The van der Waals surface area contributed by atoms with Gasteiger partial charge in [-0.25, -0.2) is 0 Å². The maximum atomic E-state index is 12.3. The number of hydrogen-bond acceptors (Lipinski definition) is 4. The van der Waals surface area contributed by atoms with Crippen LogP contribution in [0.1, 0.15) is 25.8 Å². The van der Waals surface area contributed by atoms with Crippen molar-refractivity contribution in [2.24, 2.45) is 0 Å². The molecule has 0 spiro atoms. The number of rotatable bonds is 9. The number of carbonyl (C=O) groups excluding carboxylic acids is 2. The first-order chi connectivity index (χ1) is 13.1. The molecule has 0 aliphatic heterocycles. The van der Waals surface area contributed by atoms with Crippen molar-refractivity contribution in [2.45, 2.75) is 26.8 Å². The summed E-state index contributed by atoms with van der Waals surface area (Å²) < 4.78 is 10.9. The number of carbonyl (C=O) groups is 2. The maximum absolute atomic E-state index is 12.3. The Labute approximate surface area is 160 Å². The van der Waals surface area contributed by atoms with Gasteiger partial charge in [-0.1, -0.05) is 30.3 Å². The molecule has 2 amide bonds. The molecule has 0 atom stereocenters. The van der Waals surface area contributed by atoms with E-state index < -0.39 is 0 Å². The number of amides is 2. The molecule has 0 saturated heterocycles. The Morgan fingerprint density at radius 1 is 1.04 bits per heavy atom. The molecule has 6 nitrogen and oxygen atoms in total. The van der Waals surface area contributed by atoms with Gasteiger partial charge in [0.15, 0.2) is 0 Å². The van der Waals surface area contributed by atoms with Gasteiger partial charge in [-0.15, -0.1) is 0 Å². The lowest BCUT2D eigenvalue weighted by Gasteiger charge is -2.23. The van der Waals surface area contributed by atoms with Gasteiger partial charge in [0.1, 0.15) is 11.5 Å². The highest BCUT2D eigenvalue weighted by molar-refractivity contribution is 5.93. The lowest BCUT2D eigenvalue weighted by Crippen LogP contribution is -2.34. The van der Waals surface area contributed by atoms with Crippen molar-refractivity contribution < 1.29 is 19.1 Å². The van der Waals surface area contributed by atoms with Crippen molar-refractivity contribution in [2.75, 3.05) is 25.2 Å². The Bertz CT molecular complexity index is 776. The molecule has 2 rings (SSSR count). The van der Waals surface area contributed by atoms with Crippen LogP contribution in [0.5, 0.6) is 11.5 Å². The van der Waals surface area contributed by atoms with E-state index in [1.54, 1.807) is 12.0 Å². The Hall–Kier alpha value is -3.02. The van der Waals surface area contributed by atoms with Gasteiger partial charge in [-0.3, -0.25) is 9.59 Å². The largest absolute Gasteiger partial charge is 0.496 e. The van der Waals surface area contributed by atoms with Crippen LogP contribution in [0.25, 0.3) is 0 Å². The molecule has 0 aliphatic carbocycles. The number of para-hydroxylation sites is 3. The van der Waals surface area contributed by atoms with Gasteiger partial charge in [0.25, 0.3) is 0 Å². The minimum absolute atomic E-state index is 0.138. The molecule has 0 bridgehead atoms. The smallest absolute Gasteiger partial charge is 0.223 e. The van der Waals surface area contributed by atoms with Gasteiger partial charge in [0, 0.05) is 32.0 Å². The van der Waals surface area contributed by atoms with Crippen LogP contribution in [0.3, 0.4) is 0 Å². The molecular formula is C21H26N2O4. The zero-order valence-corrected chi connectivity index (χ0v) is 16.0. The number of ether oxygens (including phenoxy) is 2. The fourth-order valence-corrected chi connectivity index (χ4v) is 2.75. The summed E-state index contributed by atoms with van der Waals surface area (Å²) in [6, 6.07) is 14.9. The van der Waals surface area contributed by atoms with Crippen LogP contribution < -0.4 is 19.7 Å². The summed E-state index contributed by atoms with van der Waals surface area (Å²) in [5, 5.41) is 2.87. The van der Waals surface area contributed by atoms with Crippen LogP contribution in [-0.2, 0) is 16.1 Å². The predicted molar refractivity (Wildman–Crippen MR) is 105 cm³/mol. The average Bonchev–Trinajstić information content (AvgIpc) is 2.68. The molecule has 0 aliphatic rings. The summed E-state index contributed by atoms with van der Waals surface area (Å²) in [6.45, 7) is 4.52. The summed E-state index contributed by atoms with van der Waals surface area (Å²) in [5.74, 6) is 1.08. The van der Waals surface area contributed by atoms with Crippen molar-refractivity contribution in [1.29, 1.82) is 0 Å². The fraction of sp³-hybridized carbons (Fsp3) is 0.333. The highest BCUT2D eigenvalue weighted by Gasteiger charge is 2.17. The molecule has 1 N–H and O–H groups in total. The van der Waals surface area contributed by atoms with Crippen molar-refractivity contribution in [3.63, 3.8) is 0 Å². The number of anilines is 1. The van der Waals surface area contributed by atoms with E-state index in [1.165, 1.54) is 6.92 Å². The van der Waals surface area contributed by atoms with E-state index >= 15 is 0 Å². The van der Waals surface area contributed by atoms with Crippen LogP contribution in [0.15, 0.2) is 48.5 Å². The Morgan fingerprint density at radius 3 is 2.37 bits per heavy atom. The zero-order chi connectivity index (χ0) is 19.6. The van der Waals surface area contributed by atoms with Gasteiger partial charge < -0.3 is 19.7 Å². The van der Waals surface area contributed by atoms with Crippen molar-refractivity contribution in [3.8, 4) is 11.5 Å². The van der Waals surface area contributed by atoms with Crippen LogP contribution >= 0.6 is 0 Å². The lowest BCUT2D eigenvalue weighted by molar-refractivity contribution is -0.121. The van der Waals surface area contributed by atoms with E-state index in [-0.39, 0.29) is 24.8 Å². The summed E-state index contributed by atoms with van der Waals surface area (Å²) in [6.07, 6.45) is 0.190. The topological polar surface area (TPSA) is 67.9 Å². The van der Waals surface area contributed by atoms with E-state index in [4.69, 9.17) is 9.47 Å². The van der Waals surface area contributed by atoms with Crippen LogP contribution in [0, 0.1) is 0 Å². The molecule has 2 aromatic carbocycles. The number of benzene rings is 2. The molecule has 0 radical (unpaired) electrons. The molecule has 0 aromatic heterocycles. The van der Waals surface area contributed by atoms with Crippen LogP contribution in [0.4, 0.5) is 5.69 Å². The second kappa shape index (κ2) is 10.2. The van der Waals surface area contributed by atoms with Crippen LogP contribution in [0.2, 0.25) is 0 Å². The molecule has 0 unspecified atom stereocenters. The first-order valence-electron chi connectivity index (χ1n) is 8.95. The van der Waals surface area contributed by atoms with Gasteiger partial charge in [0.05, 0.1) is 19.4 Å². The maximum Gasteiger partial charge on any atom is 0.223 e. The molecule has 0 saturated carbocycles.